The highest BCUT2D eigenvalue weighted by Crippen LogP contribution is 2.34. The number of nitrogens with zero attached hydrogens (tertiary/aromatic N) is 1. The lowest BCUT2D eigenvalue weighted by Crippen LogP contribution is -2.34. The molecule has 2 aromatic carbocycles. The maximum atomic E-state index is 13.0. The fourth-order valence-corrected chi connectivity index (χ4v) is 4.58. The largest absolute Gasteiger partial charge is 0.497 e. The van der Waals surface area contributed by atoms with Gasteiger partial charge in [0.1, 0.15) is 5.75 Å². The van der Waals surface area contributed by atoms with Gasteiger partial charge in [0.25, 0.3) is 0 Å². The Balaban J connectivity index is 1.71. The maximum Gasteiger partial charge on any atom is 0.322 e. The summed E-state index contributed by atoms with van der Waals surface area (Å²) in [5.41, 5.74) is 3.11. The summed E-state index contributed by atoms with van der Waals surface area (Å²) >= 11 is 1.88. The summed E-state index contributed by atoms with van der Waals surface area (Å²) < 4.78 is 5.35. The Kier molecular flexibility index (Phi) is 6.89. The number of thioether (sulfide) groups is 1. The van der Waals surface area contributed by atoms with Crippen LogP contribution in [0.1, 0.15) is 50.3 Å². The lowest BCUT2D eigenvalue weighted by Gasteiger charge is -2.26. The summed E-state index contributed by atoms with van der Waals surface area (Å²) in [6.45, 7) is 7.27. The van der Waals surface area contributed by atoms with E-state index in [-0.39, 0.29) is 12.1 Å². The number of nitrogens with one attached hydrogen (secondary N) is 1. The van der Waals surface area contributed by atoms with Crippen molar-refractivity contribution in [1.82, 2.24) is 4.90 Å². The fraction of sp³-hybridized carbons (Fsp3) is 0.435. The van der Waals surface area contributed by atoms with Crippen molar-refractivity contribution in [1.29, 1.82) is 0 Å². The van der Waals surface area contributed by atoms with E-state index in [1.54, 1.807) is 7.11 Å². The number of likely N-dealkylation sites (tertiary alicyclic amines) is 1. The Labute approximate surface area is 172 Å². The van der Waals surface area contributed by atoms with Crippen molar-refractivity contribution in [3.63, 3.8) is 0 Å². The number of benzene rings is 2. The summed E-state index contributed by atoms with van der Waals surface area (Å²) in [5, 5.41) is 3.71. The number of aryl methyl sites for hydroxylation is 1. The second-order valence-corrected chi connectivity index (χ2v) is 8.88. The molecule has 2 unspecified atom stereocenters. The van der Waals surface area contributed by atoms with Gasteiger partial charge in [-0.2, -0.15) is 0 Å². The van der Waals surface area contributed by atoms with Crippen LogP contribution in [0.2, 0.25) is 0 Å². The topological polar surface area (TPSA) is 41.6 Å². The molecule has 1 aliphatic rings. The van der Waals surface area contributed by atoms with Crippen LogP contribution in [0.4, 0.5) is 10.5 Å². The minimum atomic E-state index is -0.0317. The molecule has 2 atom stereocenters. The predicted octanol–water partition coefficient (Wildman–Crippen LogP) is 6.26. The molecule has 1 aliphatic heterocycles. The molecule has 2 aromatic rings. The Morgan fingerprint density at radius 3 is 2.86 bits per heavy atom. The van der Waals surface area contributed by atoms with E-state index < -0.39 is 0 Å². The van der Waals surface area contributed by atoms with Crippen LogP contribution in [-0.2, 0) is 0 Å². The molecule has 2 amide bonds. The van der Waals surface area contributed by atoms with Gasteiger partial charge < -0.3 is 15.0 Å². The highest BCUT2D eigenvalue weighted by atomic mass is 32.2. The normalized spacial score (nSPS) is 17.4. The van der Waals surface area contributed by atoms with Gasteiger partial charge in [-0.25, -0.2) is 4.79 Å². The first-order valence-corrected chi connectivity index (χ1v) is 10.9. The summed E-state index contributed by atoms with van der Waals surface area (Å²) in [5.74, 6) is 0.829. The van der Waals surface area contributed by atoms with E-state index in [0.29, 0.717) is 5.25 Å². The number of hydrogen-bond acceptors (Lipinski definition) is 3. The van der Waals surface area contributed by atoms with Crippen molar-refractivity contribution in [2.75, 3.05) is 19.0 Å². The van der Waals surface area contributed by atoms with Gasteiger partial charge >= 0.3 is 6.03 Å². The third kappa shape index (κ3) is 4.82. The van der Waals surface area contributed by atoms with Gasteiger partial charge in [-0.05, 0) is 67.6 Å². The molecule has 1 N–H and O–H groups in total. The molecule has 4 nitrogen and oxygen atoms in total. The molecule has 5 heteroatoms. The first-order valence-electron chi connectivity index (χ1n) is 10.0. The Morgan fingerprint density at radius 2 is 2.14 bits per heavy atom. The van der Waals surface area contributed by atoms with Crippen LogP contribution in [-0.4, -0.2) is 29.8 Å². The van der Waals surface area contributed by atoms with Gasteiger partial charge in [-0.3, -0.25) is 0 Å². The number of anilines is 1. The third-order valence-electron chi connectivity index (χ3n) is 5.34. The Bertz CT molecular complexity index is 824. The van der Waals surface area contributed by atoms with E-state index >= 15 is 0 Å². The van der Waals surface area contributed by atoms with Gasteiger partial charge in [0, 0.05) is 22.4 Å². The number of methoxy groups -OCH3 is 1. The zero-order valence-corrected chi connectivity index (χ0v) is 18.0. The molecule has 0 bridgehead atoms. The molecule has 0 saturated carbocycles. The monoisotopic (exact) mass is 398 g/mol. The van der Waals surface area contributed by atoms with E-state index in [1.807, 2.05) is 40.9 Å². The zero-order chi connectivity index (χ0) is 20.1. The quantitative estimate of drug-likeness (QED) is 0.584. The summed E-state index contributed by atoms with van der Waals surface area (Å²) in [6, 6.07) is 14.4. The first kappa shape index (κ1) is 20.6. The van der Waals surface area contributed by atoms with E-state index in [2.05, 4.69) is 44.3 Å². The number of ether oxygens (including phenoxy) is 1. The molecule has 0 aliphatic carbocycles. The molecule has 28 heavy (non-hydrogen) atoms. The molecule has 0 spiro atoms. The number of rotatable bonds is 6. The Hall–Kier alpha value is -2.14. The molecular formula is C23H30N2O2S. The highest BCUT2D eigenvalue weighted by Gasteiger charge is 2.30. The van der Waals surface area contributed by atoms with Gasteiger partial charge in [0.2, 0.25) is 0 Å². The number of urea groups is 1. The lowest BCUT2D eigenvalue weighted by molar-refractivity contribution is 0.207. The summed E-state index contributed by atoms with van der Waals surface area (Å²) in [4.78, 5) is 16.2. The molecule has 0 aromatic heterocycles. The van der Waals surface area contributed by atoms with Crippen molar-refractivity contribution in [2.24, 2.45) is 0 Å². The molecule has 150 valence electrons. The average Bonchev–Trinajstić information content (AvgIpc) is 3.20. The second kappa shape index (κ2) is 9.37. The minimum absolute atomic E-state index is 0.0317. The van der Waals surface area contributed by atoms with Crippen LogP contribution >= 0.6 is 11.8 Å². The SMILES string of the molecule is CCC(C)Sc1ccc(NC(=O)N2CCCC2c2cccc(OC)c2)c(C)c1. The van der Waals surface area contributed by atoms with Gasteiger partial charge in [0.05, 0.1) is 13.2 Å². The lowest BCUT2D eigenvalue weighted by atomic mass is 10.0. The van der Waals surface area contributed by atoms with Gasteiger partial charge in [-0.15, -0.1) is 11.8 Å². The first-order chi connectivity index (χ1) is 13.5. The van der Waals surface area contributed by atoms with Crippen LogP contribution in [0.15, 0.2) is 47.4 Å². The van der Waals surface area contributed by atoms with E-state index in [9.17, 15) is 4.79 Å². The molecule has 0 radical (unpaired) electrons. The van der Waals surface area contributed by atoms with E-state index in [0.717, 1.165) is 48.4 Å². The van der Waals surface area contributed by atoms with E-state index in [4.69, 9.17) is 4.74 Å². The van der Waals surface area contributed by atoms with Crippen molar-refractivity contribution >= 4 is 23.5 Å². The van der Waals surface area contributed by atoms with Crippen LogP contribution in [0.25, 0.3) is 0 Å². The standard InChI is InChI=1S/C23H30N2O2S/c1-5-17(3)28-20-11-12-21(16(2)14-20)24-23(26)25-13-7-10-22(25)18-8-6-9-19(15-18)27-4/h6,8-9,11-12,14-15,17,22H,5,7,10,13H2,1-4H3,(H,24,26). The van der Waals surface area contributed by atoms with Crippen LogP contribution in [0.5, 0.6) is 5.75 Å². The second-order valence-electron chi connectivity index (χ2n) is 7.37. The highest BCUT2D eigenvalue weighted by molar-refractivity contribution is 7.99. The van der Waals surface area contributed by atoms with Crippen molar-refractivity contribution in [3.8, 4) is 5.75 Å². The summed E-state index contributed by atoms with van der Waals surface area (Å²) in [7, 11) is 1.67. The van der Waals surface area contributed by atoms with Crippen LogP contribution < -0.4 is 10.1 Å². The molecule has 1 saturated heterocycles. The molecule has 1 heterocycles. The third-order valence-corrected chi connectivity index (χ3v) is 6.61. The Morgan fingerprint density at radius 1 is 1.32 bits per heavy atom. The van der Waals surface area contributed by atoms with Crippen molar-refractivity contribution < 1.29 is 9.53 Å². The van der Waals surface area contributed by atoms with Gasteiger partial charge in [0.15, 0.2) is 0 Å². The molecular weight excluding hydrogens is 368 g/mol. The fourth-order valence-electron chi connectivity index (χ4n) is 3.56. The number of carbonyl (C=O) groups is 1. The van der Waals surface area contributed by atoms with Crippen molar-refractivity contribution in [2.45, 2.75) is 56.2 Å². The van der Waals surface area contributed by atoms with Crippen molar-refractivity contribution in [3.05, 3.63) is 53.6 Å². The zero-order valence-electron chi connectivity index (χ0n) is 17.2. The van der Waals surface area contributed by atoms with E-state index in [1.165, 1.54) is 4.90 Å². The summed E-state index contributed by atoms with van der Waals surface area (Å²) in [6.07, 6.45) is 3.13. The predicted molar refractivity (Wildman–Crippen MR) is 117 cm³/mol. The number of amides is 2. The maximum absolute atomic E-state index is 13.0. The number of carbonyl (C=O) groups excluding carboxylic acids is 1. The average molecular weight is 399 g/mol. The minimum Gasteiger partial charge on any atom is -0.497 e. The number of hydrogen-bond donors (Lipinski definition) is 1. The molecule has 1 fully saturated rings. The van der Waals surface area contributed by atoms with Crippen LogP contribution in [0.3, 0.4) is 0 Å². The smallest absolute Gasteiger partial charge is 0.322 e. The van der Waals surface area contributed by atoms with Gasteiger partial charge in [-0.1, -0.05) is 26.0 Å². The van der Waals surface area contributed by atoms with Crippen LogP contribution in [0, 0.1) is 6.92 Å². The molecule has 3 rings (SSSR count).